The number of rotatable bonds is 8. The van der Waals surface area contributed by atoms with E-state index in [1.54, 1.807) is 12.1 Å². The normalized spacial score (nSPS) is 10.6. The van der Waals surface area contributed by atoms with E-state index in [-0.39, 0.29) is 5.02 Å². The van der Waals surface area contributed by atoms with Crippen molar-refractivity contribution < 1.29 is 13.9 Å². The van der Waals surface area contributed by atoms with Crippen LogP contribution in [-0.4, -0.2) is 6.61 Å². The third kappa shape index (κ3) is 5.31. The Morgan fingerprint density at radius 1 is 0.893 bits per heavy atom. The molecule has 0 bridgehead atoms. The molecule has 146 valence electrons. The van der Waals surface area contributed by atoms with Crippen LogP contribution < -0.4 is 14.8 Å². The molecule has 3 rings (SSSR count). The molecule has 0 fully saturated rings. The molecular weight excluding hydrogens is 400 g/mol. The number of anilines is 1. The first-order chi connectivity index (χ1) is 13.6. The lowest BCUT2D eigenvalue weighted by atomic mass is 10.2. The molecule has 0 aliphatic rings. The first-order valence-corrected chi connectivity index (χ1v) is 9.63. The number of benzene rings is 3. The molecule has 3 nitrogen and oxygen atoms in total. The average molecular weight is 420 g/mol. The summed E-state index contributed by atoms with van der Waals surface area (Å²) in [5.74, 6) is 0.868. The van der Waals surface area contributed by atoms with Crippen LogP contribution in [0.1, 0.15) is 18.1 Å². The predicted molar refractivity (Wildman–Crippen MR) is 112 cm³/mol. The lowest BCUT2D eigenvalue weighted by Crippen LogP contribution is -2.03. The summed E-state index contributed by atoms with van der Waals surface area (Å²) in [4.78, 5) is 0. The number of nitrogens with one attached hydrogen (secondary N) is 1. The molecule has 0 saturated carbocycles. The van der Waals surface area contributed by atoms with Gasteiger partial charge in [-0.1, -0.05) is 47.5 Å². The second-order valence-electron chi connectivity index (χ2n) is 6.08. The van der Waals surface area contributed by atoms with Crippen LogP contribution in [0.15, 0.2) is 60.7 Å². The highest BCUT2D eigenvalue weighted by atomic mass is 35.5. The van der Waals surface area contributed by atoms with Gasteiger partial charge in [-0.3, -0.25) is 0 Å². The first-order valence-electron chi connectivity index (χ1n) is 8.87. The minimum Gasteiger partial charge on any atom is -0.490 e. The van der Waals surface area contributed by atoms with Gasteiger partial charge in [-0.05, 0) is 48.9 Å². The maximum atomic E-state index is 13.3. The highest BCUT2D eigenvalue weighted by molar-refractivity contribution is 6.31. The van der Waals surface area contributed by atoms with Crippen molar-refractivity contribution in [1.82, 2.24) is 0 Å². The molecule has 0 radical (unpaired) electrons. The van der Waals surface area contributed by atoms with Gasteiger partial charge in [0.1, 0.15) is 12.4 Å². The van der Waals surface area contributed by atoms with Crippen molar-refractivity contribution in [2.75, 3.05) is 11.9 Å². The summed E-state index contributed by atoms with van der Waals surface area (Å²) in [7, 11) is 0. The van der Waals surface area contributed by atoms with Gasteiger partial charge in [0.25, 0.3) is 0 Å². The maximum absolute atomic E-state index is 13.3. The largest absolute Gasteiger partial charge is 0.490 e. The van der Waals surface area contributed by atoms with Crippen molar-refractivity contribution in [3.63, 3.8) is 0 Å². The fourth-order valence-electron chi connectivity index (χ4n) is 2.63. The zero-order valence-corrected chi connectivity index (χ0v) is 16.9. The molecule has 0 atom stereocenters. The van der Waals surface area contributed by atoms with Crippen LogP contribution in [0.5, 0.6) is 11.5 Å². The molecule has 1 N–H and O–H groups in total. The van der Waals surface area contributed by atoms with E-state index in [9.17, 15) is 4.39 Å². The highest BCUT2D eigenvalue weighted by Crippen LogP contribution is 2.30. The van der Waals surface area contributed by atoms with Crippen molar-refractivity contribution in [1.29, 1.82) is 0 Å². The van der Waals surface area contributed by atoms with E-state index in [1.807, 2.05) is 49.4 Å². The molecule has 3 aromatic carbocycles. The molecule has 0 heterocycles. The van der Waals surface area contributed by atoms with E-state index in [4.69, 9.17) is 32.7 Å². The van der Waals surface area contributed by atoms with Crippen LogP contribution in [0.3, 0.4) is 0 Å². The average Bonchev–Trinajstić information content (AvgIpc) is 2.69. The molecule has 0 amide bonds. The van der Waals surface area contributed by atoms with Gasteiger partial charge in [0, 0.05) is 22.8 Å². The van der Waals surface area contributed by atoms with Gasteiger partial charge < -0.3 is 14.8 Å². The van der Waals surface area contributed by atoms with Crippen LogP contribution >= 0.6 is 23.2 Å². The molecule has 0 aliphatic heterocycles. The Hall–Kier alpha value is -2.43. The SMILES string of the molecule is CCOc1cc(CNc2ccc(F)c(Cl)c2)ccc1OCc1ccccc1Cl. The van der Waals surface area contributed by atoms with E-state index in [0.29, 0.717) is 36.3 Å². The Kier molecular flexibility index (Phi) is 7.01. The van der Waals surface area contributed by atoms with Gasteiger partial charge in [-0.2, -0.15) is 0 Å². The number of halogens is 3. The summed E-state index contributed by atoms with van der Waals surface area (Å²) >= 11 is 12.0. The van der Waals surface area contributed by atoms with E-state index in [2.05, 4.69) is 5.32 Å². The molecule has 3 aromatic rings. The van der Waals surface area contributed by atoms with Gasteiger partial charge in [-0.25, -0.2) is 4.39 Å². The van der Waals surface area contributed by atoms with E-state index < -0.39 is 5.82 Å². The van der Waals surface area contributed by atoms with Crippen molar-refractivity contribution in [3.8, 4) is 11.5 Å². The summed E-state index contributed by atoms with van der Waals surface area (Å²) in [6, 6.07) is 17.8. The minimum atomic E-state index is -0.439. The Labute approximate surface area is 174 Å². The molecule has 0 saturated heterocycles. The lowest BCUT2D eigenvalue weighted by Gasteiger charge is -2.15. The molecule has 28 heavy (non-hydrogen) atoms. The zero-order valence-electron chi connectivity index (χ0n) is 15.3. The van der Waals surface area contributed by atoms with Crippen molar-refractivity contribution in [2.24, 2.45) is 0 Å². The number of hydrogen-bond donors (Lipinski definition) is 1. The summed E-state index contributed by atoms with van der Waals surface area (Å²) in [6.45, 7) is 3.33. The standard InChI is InChI=1S/C22H20Cl2FNO2/c1-2-27-22-11-15(13-26-17-8-9-20(25)19(24)12-17)7-10-21(22)28-14-16-5-3-4-6-18(16)23/h3-12,26H,2,13-14H2,1H3. The Bertz CT molecular complexity index is 950. The molecule has 0 unspecified atom stereocenters. The van der Waals surface area contributed by atoms with E-state index in [1.165, 1.54) is 6.07 Å². The predicted octanol–water partition coefficient (Wildman–Crippen LogP) is 6.72. The third-order valence-corrected chi connectivity index (χ3v) is 4.72. The summed E-state index contributed by atoms with van der Waals surface area (Å²) < 4.78 is 24.9. The van der Waals surface area contributed by atoms with Crippen LogP contribution in [-0.2, 0) is 13.2 Å². The van der Waals surface area contributed by atoms with Gasteiger partial charge >= 0.3 is 0 Å². The zero-order chi connectivity index (χ0) is 19.9. The molecular formula is C22H20Cl2FNO2. The molecule has 6 heteroatoms. The number of ether oxygens (including phenoxy) is 2. The number of hydrogen-bond acceptors (Lipinski definition) is 3. The third-order valence-electron chi connectivity index (χ3n) is 4.07. The van der Waals surface area contributed by atoms with Gasteiger partial charge in [0.05, 0.1) is 11.6 Å². The summed E-state index contributed by atoms with van der Waals surface area (Å²) in [5.41, 5.74) is 2.64. The Balaban J connectivity index is 1.69. The summed E-state index contributed by atoms with van der Waals surface area (Å²) in [6.07, 6.45) is 0. The van der Waals surface area contributed by atoms with Crippen LogP contribution in [0.25, 0.3) is 0 Å². The van der Waals surface area contributed by atoms with Crippen LogP contribution in [0.4, 0.5) is 10.1 Å². The van der Waals surface area contributed by atoms with Gasteiger partial charge in [-0.15, -0.1) is 0 Å². The maximum Gasteiger partial charge on any atom is 0.161 e. The first kappa shape index (κ1) is 20.3. The molecule has 0 aliphatic carbocycles. The fraction of sp³-hybridized carbons (Fsp3) is 0.182. The fourth-order valence-corrected chi connectivity index (χ4v) is 3.00. The van der Waals surface area contributed by atoms with Crippen LogP contribution in [0.2, 0.25) is 10.0 Å². The van der Waals surface area contributed by atoms with Crippen molar-refractivity contribution in [3.05, 3.63) is 87.7 Å². The van der Waals surface area contributed by atoms with E-state index >= 15 is 0 Å². The van der Waals surface area contributed by atoms with Crippen LogP contribution in [0, 0.1) is 5.82 Å². The monoisotopic (exact) mass is 419 g/mol. The summed E-state index contributed by atoms with van der Waals surface area (Å²) in [5, 5.41) is 3.97. The van der Waals surface area contributed by atoms with E-state index in [0.717, 1.165) is 16.8 Å². The lowest BCUT2D eigenvalue weighted by molar-refractivity contribution is 0.269. The van der Waals surface area contributed by atoms with Gasteiger partial charge in [0.15, 0.2) is 11.5 Å². The highest BCUT2D eigenvalue weighted by Gasteiger charge is 2.09. The quantitative estimate of drug-likeness (QED) is 0.439. The van der Waals surface area contributed by atoms with Crippen molar-refractivity contribution in [2.45, 2.75) is 20.1 Å². The minimum absolute atomic E-state index is 0.0864. The van der Waals surface area contributed by atoms with Crippen molar-refractivity contribution >= 4 is 28.9 Å². The smallest absolute Gasteiger partial charge is 0.161 e. The topological polar surface area (TPSA) is 30.5 Å². The molecule has 0 aromatic heterocycles. The Morgan fingerprint density at radius 3 is 2.46 bits per heavy atom. The van der Waals surface area contributed by atoms with Gasteiger partial charge in [0.2, 0.25) is 0 Å². The second kappa shape index (κ2) is 9.67. The molecule has 0 spiro atoms. The Morgan fingerprint density at radius 2 is 1.71 bits per heavy atom. The second-order valence-corrected chi connectivity index (χ2v) is 6.89.